The number of alkyl halides is 3. The summed E-state index contributed by atoms with van der Waals surface area (Å²) in [5.74, 6) is -0.600. The number of benzene rings is 2. The minimum absolute atomic E-state index is 0.383. The van der Waals surface area contributed by atoms with Crippen molar-refractivity contribution in [2.24, 2.45) is 0 Å². The van der Waals surface area contributed by atoms with Gasteiger partial charge in [0.2, 0.25) is 11.8 Å². The zero-order valence-corrected chi connectivity index (χ0v) is 17.1. The molecule has 0 aliphatic carbocycles. The molecule has 4 aromatic rings. The average molecular weight is 461 g/mol. The van der Waals surface area contributed by atoms with Crippen LogP contribution in [-0.2, 0) is 4.79 Å². The average Bonchev–Trinajstić information content (AvgIpc) is 3.22. The molecule has 172 valence electrons. The number of hydrogen-bond acceptors (Lipinski definition) is 7. The number of nitrogen functional groups attached to an aromatic ring is 1. The third kappa shape index (κ3) is 6.26. The smallest absolute Gasteiger partial charge is 0.490 e. The van der Waals surface area contributed by atoms with Crippen LogP contribution in [0.2, 0.25) is 0 Å². The molecule has 0 saturated carbocycles. The van der Waals surface area contributed by atoms with E-state index in [1.54, 1.807) is 37.6 Å². The number of ether oxygens (including phenoxy) is 2. The number of rotatable bonds is 5. The fourth-order valence-electron chi connectivity index (χ4n) is 2.62. The highest BCUT2D eigenvalue weighted by atomic mass is 19.4. The lowest BCUT2D eigenvalue weighted by molar-refractivity contribution is -0.192. The molecule has 9 nitrogen and oxygen atoms in total. The van der Waals surface area contributed by atoms with E-state index in [-0.39, 0.29) is 0 Å². The zero-order valence-electron chi connectivity index (χ0n) is 17.1. The van der Waals surface area contributed by atoms with Crippen LogP contribution in [0.4, 0.5) is 30.5 Å². The Morgan fingerprint density at radius 3 is 2.61 bits per heavy atom. The van der Waals surface area contributed by atoms with Gasteiger partial charge < -0.3 is 30.6 Å². The van der Waals surface area contributed by atoms with Gasteiger partial charge in [0.15, 0.2) is 0 Å². The Labute approximate surface area is 185 Å². The number of halogens is 3. The predicted molar refractivity (Wildman–Crippen MR) is 115 cm³/mol. The number of nitrogens with zero attached hydrogens (tertiary/aromatic N) is 2. The first-order chi connectivity index (χ1) is 15.7. The highest BCUT2D eigenvalue weighted by Crippen LogP contribution is 2.29. The predicted octanol–water partition coefficient (Wildman–Crippen LogP) is 4.72. The van der Waals surface area contributed by atoms with E-state index in [0.717, 1.165) is 10.9 Å². The maximum absolute atomic E-state index is 10.6. The van der Waals surface area contributed by atoms with Crippen molar-refractivity contribution in [1.29, 1.82) is 0 Å². The number of aromatic nitrogens is 3. The van der Waals surface area contributed by atoms with Gasteiger partial charge in [-0.3, -0.25) is 0 Å². The van der Waals surface area contributed by atoms with Gasteiger partial charge in [0.05, 0.1) is 12.8 Å². The minimum atomic E-state index is -5.08. The van der Waals surface area contributed by atoms with E-state index in [0.29, 0.717) is 34.7 Å². The summed E-state index contributed by atoms with van der Waals surface area (Å²) in [6, 6.07) is 14.8. The van der Waals surface area contributed by atoms with Gasteiger partial charge in [0.25, 0.3) is 0 Å². The second kappa shape index (κ2) is 9.77. The molecule has 4 rings (SSSR count). The zero-order chi connectivity index (χ0) is 24.0. The maximum atomic E-state index is 10.6. The Balaban J connectivity index is 0.000000383. The van der Waals surface area contributed by atoms with Crippen molar-refractivity contribution in [2.75, 3.05) is 18.2 Å². The van der Waals surface area contributed by atoms with Gasteiger partial charge in [-0.15, -0.1) is 0 Å². The molecule has 0 spiro atoms. The van der Waals surface area contributed by atoms with Crippen LogP contribution in [0, 0.1) is 0 Å². The lowest BCUT2D eigenvalue weighted by Crippen LogP contribution is -2.21. The molecule has 0 aliphatic rings. The number of hydrogen-bond donors (Lipinski definition) is 4. The standard InChI is InChI=1S/C19H17N5O2.C2HF3O2/c1-25-17-5-2-13(20)11-16(17)23-19-22-9-7-18(24-19)26-14-3-4-15-12(10-14)6-8-21-15;3-2(4,5)1(6)7/h2-11,21H,20H2,1H3,(H,22,23,24);(H,6,7). The third-order valence-corrected chi connectivity index (χ3v) is 4.09. The summed E-state index contributed by atoms with van der Waals surface area (Å²) in [5.41, 5.74) is 8.18. The van der Waals surface area contributed by atoms with Crippen molar-refractivity contribution < 1.29 is 32.5 Å². The first kappa shape index (κ1) is 23.2. The van der Waals surface area contributed by atoms with Gasteiger partial charge in [0.1, 0.15) is 11.5 Å². The van der Waals surface area contributed by atoms with E-state index >= 15 is 0 Å². The van der Waals surface area contributed by atoms with Gasteiger partial charge in [-0.1, -0.05) is 0 Å². The number of carboxylic acid groups (broad SMARTS) is 1. The molecular weight excluding hydrogens is 443 g/mol. The molecule has 0 fully saturated rings. The Morgan fingerprint density at radius 2 is 1.91 bits per heavy atom. The van der Waals surface area contributed by atoms with Gasteiger partial charge >= 0.3 is 12.1 Å². The van der Waals surface area contributed by atoms with Crippen LogP contribution in [0.1, 0.15) is 0 Å². The van der Waals surface area contributed by atoms with Gasteiger partial charge in [-0.2, -0.15) is 18.2 Å². The number of aliphatic carboxylic acids is 1. The highest BCUT2D eigenvalue weighted by Gasteiger charge is 2.38. The Kier molecular flexibility index (Phi) is 6.86. The van der Waals surface area contributed by atoms with Crippen LogP contribution >= 0.6 is 0 Å². The van der Waals surface area contributed by atoms with Crippen molar-refractivity contribution in [3.05, 3.63) is 60.9 Å². The first-order valence-corrected chi connectivity index (χ1v) is 9.24. The molecule has 0 amide bonds. The van der Waals surface area contributed by atoms with Gasteiger partial charge in [0, 0.05) is 35.1 Å². The quantitative estimate of drug-likeness (QED) is 0.314. The van der Waals surface area contributed by atoms with Crippen molar-refractivity contribution in [2.45, 2.75) is 6.18 Å². The molecule has 5 N–H and O–H groups in total. The molecule has 2 aromatic carbocycles. The highest BCUT2D eigenvalue weighted by molar-refractivity contribution is 5.80. The van der Waals surface area contributed by atoms with Crippen LogP contribution in [0.5, 0.6) is 17.4 Å². The molecule has 33 heavy (non-hydrogen) atoms. The van der Waals surface area contributed by atoms with Gasteiger partial charge in [-0.25, -0.2) is 9.78 Å². The molecule has 2 heterocycles. The second-order valence-corrected chi connectivity index (χ2v) is 6.43. The number of fused-ring (bicyclic) bond motifs is 1. The van der Waals surface area contributed by atoms with Crippen LogP contribution in [0.3, 0.4) is 0 Å². The summed E-state index contributed by atoms with van der Waals surface area (Å²) < 4.78 is 42.9. The van der Waals surface area contributed by atoms with Crippen molar-refractivity contribution in [3.8, 4) is 17.4 Å². The second-order valence-electron chi connectivity index (χ2n) is 6.43. The largest absolute Gasteiger partial charge is 0.495 e. The van der Waals surface area contributed by atoms with Crippen molar-refractivity contribution >= 4 is 34.2 Å². The molecule has 12 heteroatoms. The summed E-state index contributed by atoms with van der Waals surface area (Å²) in [5, 5.41) is 11.3. The van der Waals surface area contributed by atoms with Crippen LogP contribution < -0.4 is 20.5 Å². The molecule has 0 atom stereocenters. The molecule has 2 aromatic heterocycles. The number of H-pyrrole nitrogens is 1. The van der Waals surface area contributed by atoms with E-state index in [1.807, 2.05) is 30.5 Å². The molecule has 0 unspecified atom stereocenters. The van der Waals surface area contributed by atoms with Gasteiger partial charge in [-0.05, 0) is 42.5 Å². The van der Waals surface area contributed by atoms with E-state index in [9.17, 15) is 13.2 Å². The Morgan fingerprint density at radius 1 is 1.15 bits per heavy atom. The van der Waals surface area contributed by atoms with Crippen LogP contribution in [0.15, 0.2) is 60.9 Å². The monoisotopic (exact) mass is 461 g/mol. The number of nitrogens with one attached hydrogen (secondary N) is 2. The summed E-state index contributed by atoms with van der Waals surface area (Å²) in [6.07, 6.45) is -1.57. The minimum Gasteiger partial charge on any atom is -0.495 e. The van der Waals surface area contributed by atoms with Crippen molar-refractivity contribution in [3.63, 3.8) is 0 Å². The number of carbonyl (C=O) groups is 1. The Bertz CT molecular complexity index is 1260. The Hall–Kier alpha value is -4.48. The van der Waals surface area contributed by atoms with E-state index in [2.05, 4.69) is 20.3 Å². The number of carboxylic acids is 1. The number of methoxy groups -OCH3 is 1. The van der Waals surface area contributed by atoms with E-state index < -0.39 is 12.1 Å². The van der Waals surface area contributed by atoms with E-state index in [1.165, 1.54) is 0 Å². The summed E-state index contributed by atoms with van der Waals surface area (Å²) in [4.78, 5) is 20.7. The van der Waals surface area contributed by atoms with E-state index in [4.69, 9.17) is 25.1 Å². The molecule has 0 bridgehead atoms. The lowest BCUT2D eigenvalue weighted by atomic mass is 10.2. The normalized spacial score (nSPS) is 10.8. The number of anilines is 3. The van der Waals surface area contributed by atoms with Crippen LogP contribution in [-0.4, -0.2) is 39.3 Å². The number of nitrogens with two attached hydrogens (primary N) is 1. The first-order valence-electron chi connectivity index (χ1n) is 9.24. The molecule has 0 saturated heterocycles. The SMILES string of the molecule is COc1ccc(N)cc1Nc1nccc(Oc2ccc3[nH]ccc3c2)n1.O=C(O)C(F)(F)F. The van der Waals surface area contributed by atoms with Crippen LogP contribution in [0.25, 0.3) is 10.9 Å². The molecule has 0 radical (unpaired) electrons. The topological polar surface area (TPSA) is 135 Å². The summed E-state index contributed by atoms with van der Waals surface area (Å²) in [6.45, 7) is 0. The fourth-order valence-corrected chi connectivity index (χ4v) is 2.62. The summed E-state index contributed by atoms with van der Waals surface area (Å²) >= 11 is 0. The molecular formula is C21H18F3N5O4. The maximum Gasteiger partial charge on any atom is 0.490 e. The van der Waals surface area contributed by atoms with Crippen molar-refractivity contribution in [1.82, 2.24) is 15.0 Å². The fraction of sp³-hybridized carbons (Fsp3) is 0.0952. The lowest BCUT2D eigenvalue weighted by Gasteiger charge is -2.11. The third-order valence-electron chi connectivity index (χ3n) is 4.09. The number of aromatic amines is 1. The molecule has 0 aliphatic heterocycles. The summed E-state index contributed by atoms with van der Waals surface area (Å²) in [7, 11) is 1.59.